The van der Waals surface area contributed by atoms with Gasteiger partial charge in [0.2, 0.25) is 10.0 Å². The van der Waals surface area contributed by atoms with Crippen molar-refractivity contribution in [3.63, 3.8) is 0 Å². The van der Waals surface area contributed by atoms with Crippen molar-refractivity contribution >= 4 is 37.5 Å². The molecule has 0 radical (unpaired) electrons. The zero-order valence-corrected chi connectivity index (χ0v) is 20.5. The molecule has 0 atom stereocenters. The first-order chi connectivity index (χ1) is 16.8. The number of ether oxygens (including phenoxy) is 1. The number of sulfonamides is 1. The lowest BCUT2D eigenvalue weighted by atomic mass is 10.2. The highest BCUT2D eigenvalue weighted by Gasteiger charge is 2.24. The average molecular weight is 508 g/mol. The van der Waals surface area contributed by atoms with Gasteiger partial charge in [-0.2, -0.15) is 19.8 Å². The largest absolute Gasteiger partial charge is 0.497 e. The molecule has 0 aliphatic carbocycles. The number of hydrogen-bond acceptors (Lipinski definition) is 7. The summed E-state index contributed by atoms with van der Waals surface area (Å²) in [5, 5.41) is 17.6. The number of aromatic nitrogens is 1. The Bertz CT molecular complexity index is 1510. The van der Waals surface area contributed by atoms with Crippen molar-refractivity contribution in [1.29, 1.82) is 10.5 Å². The Hall–Kier alpha value is -3.95. The molecule has 0 unspecified atom stereocenters. The second kappa shape index (κ2) is 11.5. The van der Waals surface area contributed by atoms with Crippen molar-refractivity contribution in [2.45, 2.75) is 24.3 Å². The summed E-state index contributed by atoms with van der Waals surface area (Å²) in [6.45, 7) is 0.168. The summed E-state index contributed by atoms with van der Waals surface area (Å²) in [5.74, 6) is 2.68. The Morgan fingerprint density at radius 3 is 2.37 bits per heavy atom. The highest BCUT2D eigenvalue weighted by molar-refractivity contribution is 7.89. The molecule has 0 saturated heterocycles. The normalized spacial score (nSPS) is 11.7. The third-order valence-corrected chi connectivity index (χ3v) is 7.98. The van der Waals surface area contributed by atoms with Crippen LogP contribution in [-0.2, 0) is 16.6 Å². The van der Waals surface area contributed by atoms with Crippen molar-refractivity contribution < 1.29 is 17.9 Å². The van der Waals surface area contributed by atoms with Crippen LogP contribution in [0.1, 0.15) is 23.2 Å². The molecule has 1 amide bonds. The molecule has 2 aromatic carbocycles. The number of nitrogens with zero attached hydrogens (tertiary/aromatic N) is 5. The number of amides is 1. The van der Waals surface area contributed by atoms with E-state index in [1.54, 1.807) is 17.7 Å². The van der Waals surface area contributed by atoms with Gasteiger partial charge in [-0.25, -0.2) is 8.42 Å². The zero-order chi connectivity index (χ0) is 25.4. The first kappa shape index (κ1) is 25.7. The van der Waals surface area contributed by atoms with Gasteiger partial charge in [0.25, 0.3) is 5.91 Å². The Morgan fingerprint density at radius 2 is 1.80 bits per heavy atom. The maximum Gasteiger partial charge on any atom is 0.279 e. The second-order valence-corrected chi connectivity index (χ2v) is 10.1. The number of thiazole rings is 1. The zero-order valence-electron chi connectivity index (χ0n) is 18.8. The van der Waals surface area contributed by atoms with Crippen LogP contribution in [-0.4, -0.2) is 43.4 Å². The topological polar surface area (TPSA) is 129 Å². The van der Waals surface area contributed by atoms with Crippen LogP contribution in [0.15, 0.2) is 52.4 Å². The predicted octanol–water partition coefficient (Wildman–Crippen LogP) is 2.90. The fourth-order valence-corrected chi connectivity index (χ4v) is 5.78. The summed E-state index contributed by atoms with van der Waals surface area (Å²) in [7, 11) is -2.37. The smallest absolute Gasteiger partial charge is 0.279 e. The van der Waals surface area contributed by atoms with E-state index in [1.165, 1.54) is 35.6 Å². The van der Waals surface area contributed by atoms with E-state index in [0.29, 0.717) is 10.6 Å². The van der Waals surface area contributed by atoms with Gasteiger partial charge in [-0.3, -0.25) is 4.79 Å². The number of rotatable bonds is 9. The Balaban J connectivity index is 1.94. The van der Waals surface area contributed by atoms with Crippen LogP contribution in [0, 0.1) is 35.0 Å². The Labute approximate surface area is 207 Å². The van der Waals surface area contributed by atoms with Gasteiger partial charge in [0.05, 0.1) is 40.9 Å². The Morgan fingerprint density at radius 1 is 1.14 bits per heavy atom. The number of carbonyl (C=O) groups is 1. The van der Waals surface area contributed by atoms with Crippen molar-refractivity contribution in [3.05, 3.63) is 52.8 Å². The highest BCUT2D eigenvalue weighted by atomic mass is 32.2. The third kappa shape index (κ3) is 5.76. The minimum absolute atomic E-state index is 0.00118. The summed E-state index contributed by atoms with van der Waals surface area (Å²) >= 11 is 1.29. The summed E-state index contributed by atoms with van der Waals surface area (Å²) in [5.41, 5.74) is 1.02. The molecular weight excluding hydrogens is 486 g/mol. The monoisotopic (exact) mass is 507 g/mol. The van der Waals surface area contributed by atoms with Crippen molar-refractivity contribution in [2.75, 3.05) is 20.2 Å². The van der Waals surface area contributed by atoms with Gasteiger partial charge in [0.15, 0.2) is 4.80 Å². The molecule has 1 aromatic heterocycles. The second-order valence-electron chi connectivity index (χ2n) is 7.17. The van der Waals surface area contributed by atoms with Crippen LogP contribution in [0.4, 0.5) is 0 Å². The lowest BCUT2D eigenvalue weighted by Crippen LogP contribution is -2.32. The maximum absolute atomic E-state index is 13.0. The fraction of sp³-hybridized carbons (Fsp3) is 0.250. The molecule has 1 heterocycles. The number of terminal acetylenes is 1. The number of fused-ring (bicyclic) bond motifs is 1. The molecule has 9 nitrogen and oxygen atoms in total. The molecule has 0 aliphatic heterocycles. The van der Waals surface area contributed by atoms with E-state index in [1.807, 2.05) is 24.3 Å². The molecule has 11 heteroatoms. The van der Waals surface area contributed by atoms with Gasteiger partial charge in [0.1, 0.15) is 5.75 Å². The van der Waals surface area contributed by atoms with Crippen LogP contribution in [0.3, 0.4) is 0 Å². The van der Waals surface area contributed by atoms with E-state index in [9.17, 15) is 13.2 Å². The molecule has 0 aliphatic rings. The first-order valence-corrected chi connectivity index (χ1v) is 12.7. The first-order valence-electron chi connectivity index (χ1n) is 10.4. The van der Waals surface area contributed by atoms with Crippen molar-refractivity contribution in [3.8, 4) is 30.2 Å². The molecule has 0 N–H and O–H groups in total. The molecule has 0 spiro atoms. The van der Waals surface area contributed by atoms with E-state index >= 15 is 0 Å². The van der Waals surface area contributed by atoms with Crippen LogP contribution < -0.4 is 9.54 Å². The van der Waals surface area contributed by atoms with Crippen LogP contribution in [0.2, 0.25) is 0 Å². The lowest BCUT2D eigenvalue weighted by molar-refractivity contribution is 0.0997. The van der Waals surface area contributed by atoms with E-state index < -0.39 is 15.9 Å². The van der Waals surface area contributed by atoms with Gasteiger partial charge in [-0.15, -0.1) is 6.42 Å². The minimum atomic E-state index is -3.93. The van der Waals surface area contributed by atoms with E-state index in [4.69, 9.17) is 21.7 Å². The molecule has 0 fully saturated rings. The third-order valence-electron chi connectivity index (χ3n) is 5.02. The van der Waals surface area contributed by atoms with Crippen molar-refractivity contribution in [2.24, 2.45) is 4.99 Å². The predicted molar refractivity (Wildman–Crippen MR) is 131 cm³/mol. The quantitative estimate of drug-likeness (QED) is 0.410. The van der Waals surface area contributed by atoms with Crippen LogP contribution in [0.25, 0.3) is 10.2 Å². The lowest BCUT2D eigenvalue weighted by Gasteiger charge is -2.20. The molecule has 0 saturated carbocycles. The summed E-state index contributed by atoms with van der Waals surface area (Å²) in [6.07, 6.45) is 5.50. The molecule has 35 heavy (non-hydrogen) atoms. The fourth-order valence-electron chi connectivity index (χ4n) is 3.28. The molecule has 178 valence electrons. The van der Waals surface area contributed by atoms with Crippen LogP contribution >= 0.6 is 11.3 Å². The van der Waals surface area contributed by atoms with Crippen molar-refractivity contribution in [1.82, 2.24) is 8.87 Å². The number of methoxy groups -OCH3 is 1. The van der Waals surface area contributed by atoms with Gasteiger partial charge in [0, 0.05) is 31.5 Å². The summed E-state index contributed by atoms with van der Waals surface area (Å²) in [4.78, 5) is 17.5. The molecular formula is C24H21N5O4S2. The van der Waals surface area contributed by atoms with Gasteiger partial charge in [-0.1, -0.05) is 17.3 Å². The maximum atomic E-state index is 13.0. The molecule has 0 bridgehead atoms. The number of nitriles is 2. The summed E-state index contributed by atoms with van der Waals surface area (Å²) < 4.78 is 34.9. The Kier molecular flexibility index (Phi) is 8.40. The standard InChI is InChI=1S/C24H21N5O4S2/c1-3-14-29-21-11-8-19(33-2)17-22(21)34-24(29)27-23(30)18-6-9-20(10-7-18)35(31,32)28(15-4-12-25)16-5-13-26/h1,6-11,17H,4-5,14-16H2,2H3. The van der Waals surface area contributed by atoms with Gasteiger partial charge >= 0.3 is 0 Å². The number of hydrogen-bond donors (Lipinski definition) is 0. The van der Waals surface area contributed by atoms with E-state index in [-0.39, 0.29) is 42.9 Å². The van der Waals surface area contributed by atoms with Gasteiger partial charge < -0.3 is 9.30 Å². The minimum Gasteiger partial charge on any atom is -0.497 e. The van der Waals surface area contributed by atoms with E-state index in [2.05, 4.69) is 10.9 Å². The van der Waals surface area contributed by atoms with Gasteiger partial charge in [-0.05, 0) is 42.5 Å². The number of benzene rings is 2. The summed E-state index contributed by atoms with van der Waals surface area (Å²) in [6, 6.07) is 14.7. The molecule has 3 aromatic rings. The highest BCUT2D eigenvalue weighted by Crippen LogP contribution is 2.23. The molecule has 3 rings (SSSR count). The average Bonchev–Trinajstić information content (AvgIpc) is 3.20. The van der Waals surface area contributed by atoms with Crippen LogP contribution in [0.5, 0.6) is 5.75 Å². The SMILES string of the molecule is C#CCn1c(=NC(=O)c2ccc(S(=O)(=O)N(CCC#N)CCC#N)cc2)sc2cc(OC)ccc21. The van der Waals surface area contributed by atoms with E-state index in [0.717, 1.165) is 14.5 Å². The number of carbonyl (C=O) groups excluding carboxylic acids is 1.